The molecule has 7 heteroatoms. The SMILES string of the molecule is Cc1nnc2n1-c1sc(CCO)cc1C(c1cccc(Cl)c1)=NC2C. The molecule has 0 saturated carbocycles. The van der Waals surface area contributed by atoms with E-state index < -0.39 is 0 Å². The summed E-state index contributed by atoms with van der Waals surface area (Å²) in [4.78, 5) is 6.04. The van der Waals surface area contributed by atoms with Gasteiger partial charge in [0.1, 0.15) is 16.9 Å². The molecular weight excluding hydrogens is 356 g/mol. The molecule has 0 fully saturated rings. The first-order valence-corrected chi connectivity index (χ1v) is 9.28. The minimum absolute atomic E-state index is 0.115. The number of benzene rings is 1. The minimum Gasteiger partial charge on any atom is -0.396 e. The molecule has 1 atom stereocenters. The highest BCUT2D eigenvalue weighted by Gasteiger charge is 2.27. The Labute approximate surface area is 154 Å². The van der Waals surface area contributed by atoms with Crippen LogP contribution in [0.1, 0.15) is 40.6 Å². The Morgan fingerprint density at radius 2 is 2.12 bits per heavy atom. The molecule has 1 aliphatic heterocycles. The average Bonchev–Trinajstić information content (AvgIpc) is 3.13. The highest BCUT2D eigenvalue weighted by molar-refractivity contribution is 7.15. The molecule has 25 heavy (non-hydrogen) atoms. The van der Waals surface area contributed by atoms with E-state index in [0.717, 1.165) is 38.4 Å². The minimum atomic E-state index is -0.115. The first kappa shape index (κ1) is 16.4. The quantitative estimate of drug-likeness (QED) is 0.761. The molecule has 5 nitrogen and oxygen atoms in total. The number of aliphatic hydroxyl groups excluding tert-OH is 1. The van der Waals surface area contributed by atoms with Crippen molar-refractivity contribution in [2.45, 2.75) is 26.3 Å². The lowest BCUT2D eigenvalue weighted by Crippen LogP contribution is -2.05. The highest BCUT2D eigenvalue weighted by atomic mass is 35.5. The Bertz CT molecular complexity index is 975. The summed E-state index contributed by atoms with van der Waals surface area (Å²) >= 11 is 7.85. The molecule has 0 spiro atoms. The molecule has 0 amide bonds. The molecule has 1 unspecified atom stereocenters. The van der Waals surface area contributed by atoms with Crippen LogP contribution in [0.25, 0.3) is 5.00 Å². The maximum absolute atomic E-state index is 9.34. The number of halogens is 1. The van der Waals surface area contributed by atoms with Crippen molar-refractivity contribution >= 4 is 28.6 Å². The number of hydrogen-bond donors (Lipinski definition) is 1. The largest absolute Gasteiger partial charge is 0.396 e. The summed E-state index contributed by atoms with van der Waals surface area (Å²) in [6.07, 6.45) is 0.618. The molecule has 3 aromatic rings. The van der Waals surface area contributed by atoms with Crippen LogP contribution in [0.4, 0.5) is 0 Å². The Hall–Kier alpha value is -2.02. The second kappa shape index (κ2) is 6.37. The number of hydrogen-bond acceptors (Lipinski definition) is 5. The van der Waals surface area contributed by atoms with Gasteiger partial charge in [-0.15, -0.1) is 21.5 Å². The topological polar surface area (TPSA) is 63.3 Å². The van der Waals surface area contributed by atoms with Gasteiger partial charge < -0.3 is 5.11 Å². The lowest BCUT2D eigenvalue weighted by molar-refractivity contribution is 0.300. The molecule has 1 N–H and O–H groups in total. The van der Waals surface area contributed by atoms with E-state index in [0.29, 0.717) is 11.4 Å². The van der Waals surface area contributed by atoms with Crippen LogP contribution in [-0.2, 0) is 6.42 Å². The number of aliphatic hydroxyl groups is 1. The summed E-state index contributed by atoms with van der Waals surface area (Å²) in [5.74, 6) is 1.66. The first-order chi connectivity index (χ1) is 12.1. The van der Waals surface area contributed by atoms with Crippen molar-refractivity contribution in [1.29, 1.82) is 0 Å². The summed E-state index contributed by atoms with van der Waals surface area (Å²) < 4.78 is 2.08. The van der Waals surface area contributed by atoms with Crippen LogP contribution in [0, 0.1) is 6.92 Å². The van der Waals surface area contributed by atoms with Gasteiger partial charge in [0.25, 0.3) is 0 Å². The fourth-order valence-electron chi connectivity index (χ4n) is 3.09. The van der Waals surface area contributed by atoms with Gasteiger partial charge >= 0.3 is 0 Å². The summed E-state index contributed by atoms with van der Waals surface area (Å²) in [6.45, 7) is 4.09. The standard InChI is InChI=1S/C18H17ClN4OS/c1-10-17-22-21-11(2)23(17)18-15(9-14(25-18)6-7-24)16(20-10)12-4-3-5-13(19)8-12/h3-5,8-10,24H,6-7H2,1-2H3. The molecule has 1 aliphatic rings. The van der Waals surface area contributed by atoms with Crippen molar-refractivity contribution in [2.24, 2.45) is 4.99 Å². The normalized spacial score (nSPS) is 16.2. The predicted molar refractivity (Wildman–Crippen MR) is 100 cm³/mol. The summed E-state index contributed by atoms with van der Waals surface area (Å²) in [7, 11) is 0. The van der Waals surface area contributed by atoms with Crippen molar-refractivity contribution < 1.29 is 5.11 Å². The number of aromatic nitrogens is 3. The number of fused-ring (bicyclic) bond motifs is 3. The Morgan fingerprint density at radius 1 is 1.28 bits per heavy atom. The van der Waals surface area contributed by atoms with Gasteiger partial charge in [0.2, 0.25) is 0 Å². The zero-order valence-corrected chi connectivity index (χ0v) is 15.5. The molecule has 0 bridgehead atoms. The number of aryl methyl sites for hydroxylation is 1. The van der Waals surface area contributed by atoms with E-state index in [1.807, 2.05) is 38.1 Å². The molecule has 0 saturated heterocycles. The van der Waals surface area contributed by atoms with Crippen molar-refractivity contribution in [3.63, 3.8) is 0 Å². The Kier molecular flexibility index (Phi) is 4.19. The molecule has 1 aromatic carbocycles. The molecule has 128 valence electrons. The lowest BCUT2D eigenvalue weighted by atomic mass is 10.0. The highest BCUT2D eigenvalue weighted by Crippen LogP contribution is 2.36. The van der Waals surface area contributed by atoms with Gasteiger partial charge in [-0.3, -0.25) is 9.56 Å². The van der Waals surface area contributed by atoms with E-state index in [1.165, 1.54) is 0 Å². The van der Waals surface area contributed by atoms with E-state index in [4.69, 9.17) is 16.6 Å². The first-order valence-electron chi connectivity index (χ1n) is 8.08. The fourth-order valence-corrected chi connectivity index (χ4v) is 4.48. The van der Waals surface area contributed by atoms with Crippen molar-refractivity contribution in [3.05, 3.63) is 63.0 Å². The molecule has 4 rings (SSSR count). The Morgan fingerprint density at radius 3 is 2.88 bits per heavy atom. The predicted octanol–water partition coefficient (Wildman–Crippen LogP) is 3.74. The van der Waals surface area contributed by atoms with Crippen LogP contribution in [0.2, 0.25) is 5.02 Å². The van der Waals surface area contributed by atoms with E-state index in [-0.39, 0.29) is 12.6 Å². The van der Waals surface area contributed by atoms with Gasteiger partial charge in [0, 0.05) is 34.1 Å². The van der Waals surface area contributed by atoms with Crippen molar-refractivity contribution in [1.82, 2.24) is 14.8 Å². The lowest BCUT2D eigenvalue weighted by Gasteiger charge is -2.07. The van der Waals surface area contributed by atoms with Crippen LogP contribution in [-0.4, -0.2) is 32.2 Å². The van der Waals surface area contributed by atoms with E-state index in [9.17, 15) is 5.11 Å². The smallest absolute Gasteiger partial charge is 0.162 e. The van der Waals surface area contributed by atoms with Crippen LogP contribution in [0.3, 0.4) is 0 Å². The number of nitrogens with zero attached hydrogens (tertiary/aromatic N) is 4. The second-order valence-corrected chi connectivity index (χ2v) is 7.56. The van der Waals surface area contributed by atoms with Crippen LogP contribution < -0.4 is 0 Å². The number of aliphatic imine (C=N–C) groups is 1. The molecule has 3 heterocycles. The van der Waals surface area contributed by atoms with E-state index >= 15 is 0 Å². The third-order valence-electron chi connectivity index (χ3n) is 4.22. The second-order valence-electron chi connectivity index (χ2n) is 6.01. The van der Waals surface area contributed by atoms with Gasteiger partial charge in [-0.05, 0) is 32.0 Å². The third-order valence-corrected chi connectivity index (χ3v) is 5.64. The molecule has 0 aliphatic carbocycles. The zero-order valence-electron chi connectivity index (χ0n) is 13.9. The zero-order chi connectivity index (χ0) is 17.6. The maximum atomic E-state index is 9.34. The van der Waals surface area contributed by atoms with Crippen molar-refractivity contribution in [2.75, 3.05) is 6.61 Å². The van der Waals surface area contributed by atoms with Gasteiger partial charge in [-0.25, -0.2) is 0 Å². The number of rotatable bonds is 3. The Balaban J connectivity index is 1.98. The van der Waals surface area contributed by atoms with Gasteiger partial charge in [-0.1, -0.05) is 23.7 Å². The fraction of sp³-hybridized carbons (Fsp3) is 0.278. The maximum Gasteiger partial charge on any atom is 0.162 e. The van der Waals surface area contributed by atoms with Gasteiger partial charge in [0.15, 0.2) is 5.82 Å². The average molecular weight is 373 g/mol. The summed E-state index contributed by atoms with van der Waals surface area (Å²) in [6, 6.07) is 9.73. The van der Waals surface area contributed by atoms with Gasteiger partial charge in [-0.2, -0.15) is 0 Å². The number of thiophene rings is 1. The van der Waals surface area contributed by atoms with Crippen LogP contribution >= 0.6 is 22.9 Å². The van der Waals surface area contributed by atoms with Crippen LogP contribution in [0.5, 0.6) is 0 Å². The van der Waals surface area contributed by atoms with E-state index in [2.05, 4.69) is 20.8 Å². The third kappa shape index (κ3) is 2.80. The van der Waals surface area contributed by atoms with Crippen LogP contribution in [0.15, 0.2) is 35.3 Å². The summed E-state index contributed by atoms with van der Waals surface area (Å²) in [5.41, 5.74) is 2.91. The van der Waals surface area contributed by atoms with E-state index in [1.54, 1.807) is 11.3 Å². The monoisotopic (exact) mass is 372 g/mol. The molecular formula is C18H17ClN4OS. The molecule has 0 radical (unpaired) electrons. The summed E-state index contributed by atoms with van der Waals surface area (Å²) in [5, 5.41) is 19.6. The van der Waals surface area contributed by atoms with Gasteiger partial charge in [0.05, 0.1) is 5.71 Å². The van der Waals surface area contributed by atoms with Crippen molar-refractivity contribution in [3.8, 4) is 5.00 Å². The molecule has 2 aromatic heterocycles.